The highest BCUT2D eigenvalue weighted by Crippen LogP contribution is 2.41. The molecule has 3 aromatic rings. The van der Waals surface area contributed by atoms with E-state index in [0.29, 0.717) is 17.1 Å². The van der Waals surface area contributed by atoms with Crippen molar-refractivity contribution in [3.8, 4) is 11.3 Å². The molecule has 10 heteroatoms. The highest BCUT2D eigenvalue weighted by Gasteiger charge is 2.48. The third-order valence-electron chi connectivity index (χ3n) is 5.99. The van der Waals surface area contributed by atoms with E-state index in [9.17, 15) is 14.0 Å². The minimum atomic E-state index is -1.91. The summed E-state index contributed by atoms with van der Waals surface area (Å²) in [5.74, 6) is -0.168. The normalized spacial score (nSPS) is 21.7. The Hall–Kier alpha value is -3.43. The number of likely N-dealkylation sites (tertiary alicyclic amines) is 1. The van der Waals surface area contributed by atoms with Gasteiger partial charge in [-0.3, -0.25) is 9.59 Å². The van der Waals surface area contributed by atoms with Crippen LogP contribution in [0.5, 0.6) is 0 Å². The molecule has 3 heterocycles. The van der Waals surface area contributed by atoms with Gasteiger partial charge in [0.1, 0.15) is 11.9 Å². The van der Waals surface area contributed by atoms with Crippen molar-refractivity contribution in [3.63, 3.8) is 0 Å². The van der Waals surface area contributed by atoms with Crippen LogP contribution in [-0.2, 0) is 10.5 Å². The summed E-state index contributed by atoms with van der Waals surface area (Å²) < 4.78 is 34.9. The van der Waals surface area contributed by atoms with Crippen LogP contribution in [0, 0.1) is 5.82 Å². The second kappa shape index (κ2) is 7.61. The van der Waals surface area contributed by atoms with Gasteiger partial charge in [-0.2, -0.15) is 10.1 Å². The Morgan fingerprint density at radius 2 is 1.97 bits per heavy atom. The van der Waals surface area contributed by atoms with Crippen LogP contribution in [0.3, 0.4) is 0 Å². The van der Waals surface area contributed by atoms with Gasteiger partial charge in [0.05, 0.1) is 12.2 Å². The van der Waals surface area contributed by atoms with E-state index in [-0.39, 0.29) is 37.1 Å². The molecule has 0 N–H and O–H groups in total. The van der Waals surface area contributed by atoms with Gasteiger partial charge in [0.15, 0.2) is 5.82 Å². The predicted molar refractivity (Wildman–Crippen MR) is 109 cm³/mol. The van der Waals surface area contributed by atoms with Crippen molar-refractivity contribution in [3.05, 3.63) is 64.3 Å². The first-order valence-electron chi connectivity index (χ1n) is 10.5. The Morgan fingerprint density at radius 1 is 1.22 bits per heavy atom. The maximum atomic E-state index is 15.5. The third kappa shape index (κ3) is 3.69. The van der Waals surface area contributed by atoms with Gasteiger partial charge in [-0.15, -0.1) is 0 Å². The zero-order valence-electron chi connectivity index (χ0n) is 17.4. The van der Waals surface area contributed by atoms with Gasteiger partial charge in [0.2, 0.25) is 11.6 Å². The summed E-state index contributed by atoms with van der Waals surface area (Å²) in [5, 5.41) is 8.16. The van der Waals surface area contributed by atoms with Gasteiger partial charge in [0.25, 0.3) is 11.4 Å². The summed E-state index contributed by atoms with van der Waals surface area (Å²) in [4.78, 5) is 31.0. The predicted octanol–water partition coefficient (Wildman–Crippen LogP) is 2.97. The lowest BCUT2D eigenvalue weighted by Crippen LogP contribution is -2.40. The Balaban J connectivity index is 1.35. The molecule has 2 fully saturated rings. The van der Waals surface area contributed by atoms with Gasteiger partial charge in [-0.05, 0) is 50.1 Å². The molecule has 0 spiro atoms. The van der Waals surface area contributed by atoms with Crippen LogP contribution < -0.4 is 5.56 Å². The second-order valence-corrected chi connectivity index (χ2v) is 8.39. The number of carbonyl (C=O) groups excluding carboxylic acids is 1. The maximum absolute atomic E-state index is 15.5. The molecule has 5 rings (SSSR count). The zero-order valence-corrected chi connectivity index (χ0v) is 17.4. The molecule has 1 aromatic carbocycles. The summed E-state index contributed by atoms with van der Waals surface area (Å²) in [6.07, 6.45) is 1.98. The highest BCUT2D eigenvalue weighted by molar-refractivity contribution is 5.80. The number of rotatable bonds is 5. The van der Waals surface area contributed by atoms with Crippen molar-refractivity contribution in [2.75, 3.05) is 13.1 Å². The van der Waals surface area contributed by atoms with Crippen LogP contribution >= 0.6 is 0 Å². The van der Waals surface area contributed by atoms with Crippen molar-refractivity contribution in [2.24, 2.45) is 0 Å². The summed E-state index contributed by atoms with van der Waals surface area (Å²) in [6.45, 7) is 1.48. The van der Waals surface area contributed by atoms with E-state index >= 15 is 4.39 Å². The van der Waals surface area contributed by atoms with E-state index in [1.54, 1.807) is 6.92 Å². The molecule has 1 saturated carbocycles. The van der Waals surface area contributed by atoms with E-state index < -0.39 is 23.2 Å². The van der Waals surface area contributed by atoms with E-state index in [1.165, 1.54) is 41.3 Å². The lowest BCUT2D eigenvalue weighted by molar-refractivity contribution is -0.134. The van der Waals surface area contributed by atoms with Crippen molar-refractivity contribution in [1.29, 1.82) is 0 Å². The molecule has 0 bridgehead atoms. The van der Waals surface area contributed by atoms with Crippen LogP contribution in [0.2, 0.25) is 0 Å². The molecule has 32 heavy (non-hydrogen) atoms. The van der Waals surface area contributed by atoms with Crippen molar-refractivity contribution in [2.45, 2.75) is 43.8 Å². The second-order valence-electron chi connectivity index (χ2n) is 8.39. The minimum Gasteiger partial charge on any atom is -0.337 e. The fourth-order valence-electron chi connectivity index (χ4n) is 3.91. The van der Waals surface area contributed by atoms with Crippen molar-refractivity contribution >= 4 is 5.91 Å². The van der Waals surface area contributed by atoms with Crippen LogP contribution in [-0.4, -0.2) is 43.8 Å². The summed E-state index contributed by atoms with van der Waals surface area (Å²) >= 11 is 0. The Bertz CT molecular complexity index is 1220. The number of hydrogen-bond acceptors (Lipinski definition) is 6. The van der Waals surface area contributed by atoms with Crippen molar-refractivity contribution < 1.29 is 18.1 Å². The Kier molecular flexibility index (Phi) is 4.87. The number of alkyl halides is 1. The minimum absolute atomic E-state index is 0.0374. The SMILES string of the molecule is CC(C(=O)N1CCC(F)(c2nc(C3CC3)no2)C1)n1nc(-c2ccc(F)cc2)ccc1=O. The molecule has 2 atom stereocenters. The van der Waals surface area contributed by atoms with E-state index in [2.05, 4.69) is 15.2 Å². The molecule has 2 unspecified atom stereocenters. The highest BCUT2D eigenvalue weighted by atomic mass is 19.1. The van der Waals surface area contributed by atoms with E-state index in [4.69, 9.17) is 4.52 Å². The first-order valence-corrected chi connectivity index (χ1v) is 10.5. The topological polar surface area (TPSA) is 94.1 Å². The van der Waals surface area contributed by atoms with Crippen molar-refractivity contribution in [1.82, 2.24) is 24.8 Å². The van der Waals surface area contributed by atoms with Crippen LogP contribution in [0.1, 0.15) is 49.9 Å². The first kappa shape index (κ1) is 20.5. The molecule has 1 aliphatic carbocycles. The molecule has 166 valence electrons. The van der Waals surface area contributed by atoms with E-state index in [1.807, 2.05) is 0 Å². The van der Waals surface area contributed by atoms with Gasteiger partial charge >= 0.3 is 0 Å². The van der Waals surface area contributed by atoms with Gasteiger partial charge in [-0.25, -0.2) is 13.5 Å². The Labute approximate surface area is 181 Å². The fraction of sp³-hybridized carbons (Fsp3) is 0.409. The molecule has 8 nitrogen and oxygen atoms in total. The monoisotopic (exact) mass is 441 g/mol. The Morgan fingerprint density at radius 3 is 2.69 bits per heavy atom. The zero-order chi connectivity index (χ0) is 22.5. The fourth-order valence-corrected chi connectivity index (χ4v) is 3.91. The smallest absolute Gasteiger partial charge is 0.267 e. The summed E-state index contributed by atoms with van der Waals surface area (Å²) in [5.41, 5.74) is -1.35. The number of amides is 1. The van der Waals surface area contributed by atoms with Crippen LogP contribution in [0.4, 0.5) is 8.78 Å². The molecule has 1 amide bonds. The average molecular weight is 441 g/mol. The molecule has 1 saturated heterocycles. The molecule has 2 aliphatic rings. The number of benzene rings is 1. The molecule has 0 radical (unpaired) electrons. The largest absolute Gasteiger partial charge is 0.337 e. The molecule has 1 aliphatic heterocycles. The standard InChI is InChI=1S/C22H21F2N5O3/c1-13(29-18(30)9-8-17(26-29)14-4-6-16(23)7-5-14)20(31)28-11-10-22(24,12-28)21-25-19(27-32-21)15-2-3-15/h4-9,13,15H,2-3,10-12H2,1H3. The summed E-state index contributed by atoms with van der Waals surface area (Å²) in [6, 6.07) is 7.52. The van der Waals surface area contributed by atoms with Crippen LogP contribution in [0.15, 0.2) is 45.7 Å². The van der Waals surface area contributed by atoms with Gasteiger partial charge in [0, 0.05) is 30.5 Å². The molecule has 2 aromatic heterocycles. The number of aromatic nitrogens is 4. The third-order valence-corrected chi connectivity index (χ3v) is 5.99. The molecular formula is C22H21F2N5O3. The number of halogens is 2. The number of nitrogens with zero attached hydrogens (tertiary/aromatic N) is 5. The van der Waals surface area contributed by atoms with E-state index in [0.717, 1.165) is 17.5 Å². The first-order chi connectivity index (χ1) is 15.3. The number of carbonyl (C=O) groups is 1. The van der Waals surface area contributed by atoms with Gasteiger partial charge < -0.3 is 9.42 Å². The summed E-state index contributed by atoms with van der Waals surface area (Å²) in [7, 11) is 0. The maximum Gasteiger partial charge on any atom is 0.267 e. The lowest BCUT2D eigenvalue weighted by Gasteiger charge is -2.22. The molecular weight excluding hydrogens is 420 g/mol. The van der Waals surface area contributed by atoms with Gasteiger partial charge in [-0.1, -0.05) is 5.16 Å². The number of hydrogen-bond donors (Lipinski definition) is 0. The lowest BCUT2D eigenvalue weighted by atomic mass is 10.1. The average Bonchev–Trinajstić information content (AvgIpc) is 3.37. The van der Waals surface area contributed by atoms with Crippen LogP contribution in [0.25, 0.3) is 11.3 Å². The quantitative estimate of drug-likeness (QED) is 0.604.